The summed E-state index contributed by atoms with van der Waals surface area (Å²) >= 11 is 0. The molecule has 0 heterocycles. The number of unbranched alkanes of at least 4 members (excludes halogenated alkanes) is 3. The van der Waals surface area contributed by atoms with Gasteiger partial charge in [-0.2, -0.15) is 13.5 Å². The SMILES string of the molecule is CCCCCCOc1ccc(/C=N\NS(=O)(=O)c2cc(C)ccc2C)cc1. The number of hydrazone groups is 1. The van der Waals surface area contributed by atoms with E-state index in [4.69, 9.17) is 4.74 Å². The Balaban J connectivity index is 1.91. The van der Waals surface area contributed by atoms with E-state index < -0.39 is 10.0 Å². The highest BCUT2D eigenvalue weighted by atomic mass is 32.2. The van der Waals surface area contributed by atoms with Crippen molar-refractivity contribution in [1.82, 2.24) is 4.83 Å². The van der Waals surface area contributed by atoms with Gasteiger partial charge < -0.3 is 4.74 Å². The van der Waals surface area contributed by atoms with E-state index in [1.165, 1.54) is 25.5 Å². The van der Waals surface area contributed by atoms with Crippen LogP contribution in [0.5, 0.6) is 5.75 Å². The molecule has 0 fully saturated rings. The van der Waals surface area contributed by atoms with Gasteiger partial charge in [-0.15, -0.1) is 0 Å². The summed E-state index contributed by atoms with van der Waals surface area (Å²) in [5, 5.41) is 3.88. The van der Waals surface area contributed by atoms with Crippen molar-refractivity contribution in [2.45, 2.75) is 51.3 Å². The van der Waals surface area contributed by atoms with Gasteiger partial charge in [0.05, 0.1) is 17.7 Å². The second kappa shape index (κ2) is 10.1. The van der Waals surface area contributed by atoms with Gasteiger partial charge in [-0.1, -0.05) is 38.3 Å². The van der Waals surface area contributed by atoms with Crippen LogP contribution in [-0.4, -0.2) is 21.2 Å². The van der Waals surface area contributed by atoms with E-state index in [0.717, 1.165) is 23.3 Å². The second-order valence-electron chi connectivity index (χ2n) is 6.60. The molecule has 2 rings (SSSR count). The molecule has 0 radical (unpaired) electrons. The molecule has 0 spiro atoms. The smallest absolute Gasteiger partial charge is 0.276 e. The van der Waals surface area contributed by atoms with Gasteiger partial charge in [0.25, 0.3) is 10.0 Å². The molecule has 1 N–H and O–H groups in total. The summed E-state index contributed by atoms with van der Waals surface area (Å²) < 4.78 is 30.5. The third-order valence-electron chi connectivity index (χ3n) is 4.17. The zero-order valence-corrected chi connectivity index (χ0v) is 17.1. The molecule has 0 aromatic heterocycles. The Morgan fingerprint density at radius 2 is 1.78 bits per heavy atom. The summed E-state index contributed by atoms with van der Waals surface area (Å²) in [6.45, 7) is 6.51. The molecule has 0 aliphatic rings. The molecular formula is C21H28N2O3S. The van der Waals surface area contributed by atoms with Crippen LogP contribution in [0.3, 0.4) is 0 Å². The van der Waals surface area contributed by atoms with E-state index in [2.05, 4.69) is 16.9 Å². The van der Waals surface area contributed by atoms with Crippen molar-refractivity contribution in [3.05, 3.63) is 59.2 Å². The molecule has 5 nitrogen and oxygen atoms in total. The number of benzene rings is 2. The van der Waals surface area contributed by atoms with Crippen molar-refractivity contribution in [3.8, 4) is 5.75 Å². The van der Waals surface area contributed by atoms with Crippen LogP contribution in [0.25, 0.3) is 0 Å². The quantitative estimate of drug-likeness (QED) is 0.368. The molecule has 0 aliphatic heterocycles. The Hall–Kier alpha value is -2.34. The standard InChI is InChI=1S/C21H28N2O3S/c1-4-5-6-7-14-26-20-12-10-19(11-13-20)16-22-23-27(24,25)21-15-17(2)8-9-18(21)3/h8-13,15-16,23H,4-7,14H2,1-3H3/b22-16-. The number of nitrogens with one attached hydrogen (secondary N) is 1. The van der Waals surface area contributed by atoms with Crippen molar-refractivity contribution >= 4 is 16.2 Å². The molecule has 146 valence electrons. The van der Waals surface area contributed by atoms with Gasteiger partial charge in [-0.3, -0.25) is 0 Å². The van der Waals surface area contributed by atoms with Gasteiger partial charge in [-0.25, -0.2) is 4.83 Å². The maximum Gasteiger partial charge on any atom is 0.276 e. The molecule has 0 unspecified atom stereocenters. The molecule has 0 aliphatic carbocycles. The van der Waals surface area contributed by atoms with Crippen molar-refractivity contribution < 1.29 is 13.2 Å². The average molecular weight is 389 g/mol. The maximum absolute atomic E-state index is 12.4. The van der Waals surface area contributed by atoms with E-state index >= 15 is 0 Å². The molecule has 0 saturated carbocycles. The number of hydrogen-bond donors (Lipinski definition) is 1. The van der Waals surface area contributed by atoms with E-state index in [1.807, 2.05) is 37.3 Å². The van der Waals surface area contributed by atoms with E-state index in [-0.39, 0.29) is 4.90 Å². The van der Waals surface area contributed by atoms with Gasteiger partial charge in [0.2, 0.25) is 0 Å². The van der Waals surface area contributed by atoms with Crippen LogP contribution >= 0.6 is 0 Å². The van der Waals surface area contributed by atoms with Crippen molar-refractivity contribution in [2.75, 3.05) is 6.61 Å². The van der Waals surface area contributed by atoms with Crippen LogP contribution in [0.4, 0.5) is 0 Å². The monoisotopic (exact) mass is 388 g/mol. The first-order valence-corrected chi connectivity index (χ1v) is 10.8. The summed E-state index contributed by atoms with van der Waals surface area (Å²) in [5.74, 6) is 0.805. The summed E-state index contributed by atoms with van der Waals surface area (Å²) in [6.07, 6.45) is 6.16. The summed E-state index contributed by atoms with van der Waals surface area (Å²) in [6, 6.07) is 12.7. The van der Waals surface area contributed by atoms with Crippen LogP contribution < -0.4 is 9.57 Å². The predicted molar refractivity (Wildman–Crippen MR) is 110 cm³/mol. The van der Waals surface area contributed by atoms with Crippen LogP contribution in [0.15, 0.2) is 52.5 Å². The van der Waals surface area contributed by atoms with Gasteiger partial charge in [-0.05, 0) is 67.3 Å². The lowest BCUT2D eigenvalue weighted by molar-refractivity contribution is 0.305. The topological polar surface area (TPSA) is 67.8 Å². The average Bonchev–Trinajstić information content (AvgIpc) is 2.64. The fourth-order valence-corrected chi connectivity index (χ4v) is 3.71. The lowest BCUT2D eigenvalue weighted by Crippen LogP contribution is -2.19. The lowest BCUT2D eigenvalue weighted by Gasteiger charge is -2.08. The van der Waals surface area contributed by atoms with E-state index in [0.29, 0.717) is 12.2 Å². The Kier molecular flexibility index (Phi) is 7.85. The zero-order chi connectivity index (χ0) is 19.7. The van der Waals surface area contributed by atoms with Gasteiger partial charge in [0, 0.05) is 0 Å². The predicted octanol–water partition coefficient (Wildman–Crippen LogP) is 4.57. The third kappa shape index (κ3) is 6.71. The number of hydrogen-bond acceptors (Lipinski definition) is 4. The first kappa shape index (κ1) is 21.0. The fraction of sp³-hybridized carbons (Fsp3) is 0.381. The minimum Gasteiger partial charge on any atom is -0.494 e. The van der Waals surface area contributed by atoms with Gasteiger partial charge in [0.15, 0.2) is 0 Å². The second-order valence-corrected chi connectivity index (χ2v) is 8.23. The molecule has 0 saturated heterocycles. The Labute approximate surface area is 162 Å². The number of nitrogens with zero attached hydrogens (tertiary/aromatic N) is 1. The van der Waals surface area contributed by atoms with Crippen LogP contribution in [0.2, 0.25) is 0 Å². The largest absolute Gasteiger partial charge is 0.494 e. The number of rotatable bonds is 10. The van der Waals surface area contributed by atoms with Crippen LogP contribution in [0, 0.1) is 13.8 Å². The van der Waals surface area contributed by atoms with E-state index in [1.54, 1.807) is 19.1 Å². The number of aryl methyl sites for hydroxylation is 2. The fourth-order valence-electron chi connectivity index (χ4n) is 2.59. The number of sulfonamides is 1. The molecule has 0 bridgehead atoms. The first-order valence-electron chi connectivity index (χ1n) is 9.27. The molecule has 2 aromatic rings. The molecular weight excluding hydrogens is 360 g/mol. The third-order valence-corrected chi connectivity index (χ3v) is 5.53. The number of ether oxygens (including phenoxy) is 1. The highest BCUT2D eigenvalue weighted by Crippen LogP contribution is 2.16. The molecule has 0 atom stereocenters. The molecule has 6 heteroatoms. The highest BCUT2D eigenvalue weighted by Gasteiger charge is 2.15. The lowest BCUT2D eigenvalue weighted by atomic mass is 10.2. The molecule has 27 heavy (non-hydrogen) atoms. The summed E-state index contributed by atoms with van der Waals surface area (Å²) in [5.41, 5.74) is 2.36. The van der Waals surface area contributed by atoms with Crippen LogP contribution in [0.1, 0.15) is 49.3 Å². The van der Waals surface area contributed by atoms with Crippen molar-refractivity contribution in [1.29, 1.82) is 0 Å². The van der Waals surface area contributed by atoms with E-state index in [9.17, 15) is 8.42 Å². The van der Waals surface area contributed by atoms with Gasteiger partial charge in [0.1, 0.15) is 5.75 Å². The Morgan fingerprint density at radius 1 is 1.04 bits per heavy atom. The minimum absolute atomic E-state index is 0.242. The summed E-state index contributed by atoms with van der Waals surface area (Å²) in [7, 11) is -3.68. The molecule has 2 aromatic carbocycles. The Morgan fingerprint density at radius 3 is 2.48 bits per heavy atom. The molecule has 0 amide bonds. The van der Waals surface area contributed by atoms with Crippen molar-refractivity contribution in [2.24, 2.45) is 5.10 Å². The van der Waals surface area contributed by atoms with Gasteiger partial charge >= 0.3 is 0 Å². The summed E-state index contributed by atoms with van der Waals surface area (Å²) in [4.78, 5) is 2.51. The van der Waals surface area contributed by atoms with Crippen molar-refractivity contribution in [3.63, 3.8) is 0 Å². The zero-order valence-electron chi connectivity index (χ0n) is 16.2. The Bertz CT molecular complexity index is 859. The normalized spacial score (nSPS) is 11.7. The minimum atomic E-state index is -3.68. The highest BCUT2D eigenvalue weighted by molar-refractivity contribution is 7.89. The van der Waals surface area contributed by atoms with Crippen LogP contribution in [-0.2, 0) is 10.0 Å². The maximum atomic E-state index is 12.4. The first-order chi connectivity index (χ1) is 12.9.